The third-order valence-electron chi connectivity index (χ3n) is 1.58. The molecule has 10 heteroatoms. The molecule has 0 aromatic heterocycles. The maximum atomic E-state index is 11.1. The van der Waals surface area contributed by atoms with E-state index in [0.717, 1.165) is 0 Å². The highest BCUT2D eigenvalue weighted by atomic mass is 32.3. The highest BCUT2D eigenvalue weighted by Crippen LogP contribution is 2.22. The number of nitrogens with one attached hydrogen (secondary N) is 1. The molecular formula is C8H12N2O7S. The Hall–Kier alpha value is -1.88. The fraction of sp³-hybridized carbons (Fsp3) is 0.125. The molecule has 1 aromatic rings. The standard InChI is InChI=1S/C8H10N2O3.H2O4S/c1-13-5-2-3-7(11)6(4-5)8(12)10-9;1-5(2,3)4/h2-4,11H,9H2,1H3,(H,10,12);(H2,1,2,3,4). The van der Waals surface area contributed by atoms with Crippen LogP contribution in [0.2, 0.25) is 0 Å². The van der Waals surface area contributed by atoms with Crippen molar-refractivity contribution in [3.05, 3.63) is 23.8 Å². The Morgan fingerprint density at radius 2 is 1.89 bits per heavy atom. The van der Waals surface area contributed by atoms with E-state index in [1.165, 1.54) is 19.2 Å². The highest BCUT2D eigenvalue weighted by Gasteiger charge is 2.10. The van der Waals surface area contributed by atoms with Crippen molar-refractivity contribution >= 4 is 16.3 Å². The second kappa shape index (κ2) is 6.76. The van der Waals surface area contributed by atoms with Crippen LogP contribution in [0.1, 0.15) is 10.4 Å². The van der Waals surface area contributed by atoms with Gasteiger partial charge in [-0.1, -0.05) is 0 Å². The van der Waals surface area contributed by atoms with Crippen LogP contribution in [0.25, 0.3) is 0 Å². The molecule has 0 heterocycles. The molecule has 0 atom stereocenters. The van der Waals surface area contributed by atoms with Gasteiger partial charge >= 0.3 is 10.4 Å². The second-order valence-electron chi connectivity index (χ2n) is 2.80. The summed E-state index contributed by atoms with van der Waals surface area (Å²) in [7, 11) is -3.20. The van der Waals surface area contributed by atoms with Crippen LogP contribution in [-0.4, -0.2) is 35.6 Å². The first kappa shape index (κ1) is 16.1. The van der Waals surface area contributed by atoms with Gasteiger partial charge in [0.1, 0.15) is 11.5 Å². The molecule has 6 N–H and O–H groups in total. The van der Waals surface area contributed by atoms with Gasteiger partial charge in [-0.05, 0) is 18.2 Å². The van der Waals surface area contributed by atoms with Gasteiger partial charge in [0.25, 0.3) is 5.91 Å². The highest BCUT2D eigenvalue weighted by molar-refractivity contribution is 7.79. The number of methoxy groups -OCH3 is 1. The number of carbonyl (C=O) groups excluding carboxylic acids is 1. The first-order chi connectivity index (χ1) is 8.19. The summed E-state index contributed by atoms with van der Waals surface area (Å²) in [4.78, 5) is 11.1. The number of rotatable bonds is 2. The Balaban J connectivity index is 0.000000494. The molecule has 0 aliphatic carbocycles. The number of phenolic OH excluding ortho intramolecular Hbond substituents is 1. The van der Waals surface area contributed by atoms with Gasteiger partial charge in [0, 0.05) is 0 Å². The fourth-order valence-electron chi connectivity index (χ4n) is 0.902. The van der Waals surface area contributed by atoms with Gasteiger partial charge in [0.05, 0.1) is 12.7 Å². The van der Waals surface area contributed by atoms with Crippen LogP contribution < -0.4 is 16.0 Å². The van der Waals surface area contributed by atoms with Crippen LogP contribution >= 0.6 is 0 Å². The number of hydrogen-bond donors (Lipinski definition) is 5. The third kappa shape index (κ3) is 6.65. The van der Waals surface area contributed by atoms with Gasteiger partial charge in [0.15, 0.2) is 0 Å². The number of phenols is 1. The van der Waals surface area contributed by atoms with Crippen molar-refractivity contribution in [3.8, 4) is 11.5 Å². The molecule has 0 unspecified atom stereocenters. The average molecular weight is 280 g/mol. The number of amides is 1. The number of benzene rings is 1. The van der Waals surface area contributed by atoms with E-state index < -0.39 is 16.3 Å². The number of carbonyl (C=O) groups is 1. The van der Waals surface area contributed by atoms with E-state index in [0.29, 0.717) is 5.75 Å². The number of aromatic hydroxyl groups is 1. The molecule has 0 radical (unpaired) electrons. The second-order valence-corrected chi connectivity index (χ2v) is 3.70. The van der Waals surface area contributed by atoms with Crippen molar-refractivity contribution in [3.63, 3.8) is 0 Å². The van der Waals surface area contributed by atoms with E-state index in [4.69, 9.17) is 28.1 Å². The van der Waals surface area contributed by atoms with Crippen LogP contribution in [0, 0.1) is 0 Å². The van der Waals surface area contributed by atoms with E-state index in [1.54, 1.807) is 6.07 Å². The van der Waals surface area contributed by atoms with Crippen LogP contribution in [0.15, 0.2) is 18.2 Å². The number of nitrogen functional groups attached to an aromatic ring is 1. The summed E-state index contributed by atoms with van der Waals surface area (Å²) in [6, 6.07) is 4.31. The fourth-order valence-corrected chi connectivity index (χ4v) is 0.902. The molecule has 9 nitrogen and oxygen atoms in total. The quantitative estimate of drug-likeness (QED) is 0.207. The minimum absolute atomic E-state index is 0.0850. The van der Waals surface area contributed by atoms with Crippen molar-refractivity contribution in [2.45, 2.75) is 0 Å². The van der Waals surface area contributed by atoms with Gasteiger partial charge < -0.3 is 9.84 Å². The number of nitrogens with two attached hydrogens (primary N) is 1. The summed E-state index contributed by atoms with van der Waals surface area (Å²) >= 11 is 0. The topological polar surface area (TPSA) is 159 Å². The molecule has 0 saturated heterocycles. The first-order valence-electron chi connectivity index (χ1n) is 4.27. The zero-order chi connectivity index (χ0) is 14.3. The summed E-state index contributed by atoms with van der Waals surface area (Å²) < 4.78 is 36.5. The van der Waals surface area contributed by atoms with Gasteiger partial charge in [0.2, 0.25) is 0 Å². The number of ether oxygens (including phenoxy) is 1. The van der Waals surface area contributed by atoms with Gasteiger partial charge in [-0.3, -0.25) is 19.3 Å². The summed E-state index contributed by atoms with van der Waals surface area (Å²) in [6.07, 6.45) is 0. The molecule has 0 aliphatic rings. The van der Waals surface area contributed by atoms with Crippen molar-refractivity contribution in [1.82, 2.24) is 5.43 Å². The smallest absolute Gasteiger partial charge is 0.394 e. The van der Waals surface area contributed by atoms with E-state index >= 15 is 0 Å². The van der Waals surface area contributed by atoms with Crippen LogP contribution in [-0.2, 0) is 10.4 Å². The Bertz CT molecular complexity index is 506. The third-order valence-corrected chi connectivity index (χ3v) is 1.58. The molecule has 0 bridgehead atoms. The van der Waals surface area contributed by atoms with Gasteiger partial charge in [-0.15, -0.1) is 0 Å². The molecule has 0 saturated carbocycles. The first-order valence-corrected chi connectivity index (χ1v) is 5.66. The maximum absolute atomic E-state index is 11.1. The monoisotopic (exact) mass is 280 g/mol. The lowest BCUT2D eigenvalue weighted by Crippen LogP contribution is -2.30. The molecule has 18 heavy (non-hydrogen) atoms. The molecule has 1 aromatic carbocycles. The summed E-state index contributed by atoms with van der Waals surface area (Å²) in [5, 5.41) is 9.26. The lowest BCUT2D eigenvalue weighted by molar-refractivity contribution is 0.0950. The summed E-state index contributed by atoms with van der Waals surface area (Å²) in [5.41, 5.74) is 2.00. The Kier molecular flexibility index (Phi) is 6.05. The predicted molar refractivity (Wildman–Crippen MR) is 60.5 cm³/mol. The zero-order valence-corrected chi connectivity index (χ0v) is 10.0. The van der Waals surface area contributed by atoms with Crippen molar-refractivity contribution in [2.75, 3.05) is 7.11 Å². The Morgan fingerprint density at radius 3 is 2.28 bits per heavy atom. The molecule has 1 rings (SSSR count). The van der Waals surface area contributed by atoms with Crippen molar-refractivity contribution in [1.29, 1.82) is 0 Å². The minimum Gasteiger partial charge on any atom is -0.507 e. The van der Waals surface area contributed by atoms with E-state index in [-0.39, 0.29) is 11.3 Å². The summed E-state index contributed by atoms with van der Waals surface area (Å²) in [6.45, 7) is 0. The van der Waals surface area contributed by atoms with E-state index in [1.807, 2.05) is 5.43 Å². The predicted octanol–water partition coefficient (Wildman–Crippen LogP) is -0.648. The number of hydrogen-bond acceptors (Lipinski definition) is 6. The lowest BCUT2D eigenvalue weighted by Gasteiger charge is -2.05. The van der Waals surface area contributed by atoms with E-state index in [2.05, 4.69) is 0 Å². The van der Waals surface area contributed by atoms with Crippen LogP contribution in [0.5, 0.6) is 11.5 Å². The lowest BCUT2D eigenvalue weighted by atomic mass is 10.2. The van der Waals surface area contributed by atoms with E-state index in [9.17, 15) is 9.90 Å². The number of hydrazine groups is 1. The molecule has 102 valence electrons. The van der Waals surface area contributed by atoms with Crippen molar-refractivity contribution < 1.29 is 32.2 Å². The largest absolute Gasteiger partial charge is 0.507 e. The normalized spacial score (nSPS) is 10.0. The summed E-state index contributed by atoms with van der Waals surface area (Å²) in [5.74, 6) is 4.70. The van der Waals surface area contributed by atoms with Gasteiger partial charge in [-0.2, -0.15) is 8.42 Å². The molecule has 0 fully saturated rings. The molecular weight excluding hydrogens is 268 g/mol. The SMILES string of the molecule is COc1ccc(O)c(C(=O)NN)c1.O=S(=O)(O)O. The average Bonchev–Trinajstić information content (AvgIpc) is 2.26. The van der Waals surface area contributed by atoms with Crippen molar-refractivity contribution in [2.24, 2.45) is 5.84 Å². The Morgan fingerprint density at radius 1 is 1.39 bits per heavy atom. The molecule has 0 spiro atoms. The maximum Gasteiger partial charge on any atom is 0.394 e. The Labute approximate surface area is 103 Å². The zero-order valence-electron chi connectivity index (χ0n) is 9.19. The van der Waals surface area contributed by atoms with Gasteiger partial charge in [-0.25, -0.2) is 5.84 Å². The molecule has 1 amide bonds. The van der Waals surface area contributed by atoms with Crippen LogP contribution in [0.3, 0.4) is 0 Å². The molecule has 0 aliphatic heterocycles. The minimum atomic E-state index is -4.67. The van der Waals surface area contributed by atoms with Crippen LogP contribution in [0.4, 0.5) is 0 Å².